The Hall–Kier alpha value is -2.08. The van der Waals surface area contributed by atoms with Crippen molar-refractivity contribution < 1.29 is 4.79 Å². The highest BCUT2D eigenvalue weighted by molar-refractivity contribution is 7.99. The van der Waals surface area contributed by atoms with Gasteiger partial charge in [-0.1, -0.05) is 67.9 Å². The summed E-state index contributed by atoms with van der Waals surface area (Å²) in [5.74, 6) is 1.90. The van der Waals surface area contributed by atoms with E-state index in [1.54, 1.807) is 0 Å². The predicted octanol–water partition coefficient (Wildman–Crippen LogP) is 3.84. The Balaban J connectivity index is 1.60. The Bertz CT molecular complexity index is 759. The Morgan fingerprint density at radius 2 is 2.07 bits per heavy atom. The van der Waals surface area contributed by atoms with Crippen molar-refractivity contribution in [3.05, 3.63) is 54.4 Å². The molecule has 5 nitrogen and oxygen atoms in total. The van der Waals surface area contributed by atoms with E-state index in [0.717, 1.165) is 17.4 Å². The molecule has 1 fully saturated rings. The summed E-state index contributed by atoms with van der Waals surface area (Å²) < 4.78 is 2.04. The number of hydrogen-bond acceptors (Lipinski definition) is 4. The van der Waals surface area contributed by atoms with E-state index in [1.807, 2.05) is 28.8 Å². The van der Waals surface area contributed by atoms with Gasteiger partial charge in [-0.2, -0.15) is 0 Å². The summed E-state index contributed by atoms with van der Waals surface area (Å²) in [6, 6.07) is 10.5. The fraction of sp³-hybridized carbons (Fsp3) is 0.476. The van der Waals surface area contributed by atoms with Gasteiger partial charge < -0.3 is 9.88 Å². The van der Waals surface area contributed by atoms with Crippen LogP contribution in [0.1, 0.15) is 44.0 Å². The second-order valence-electron chi connectivity index (χ2n) is 7.18. The van der Waals surface area contributed by atoms with Gasteiger partial charge in [0, 0.05) is 19.0 Å². The molecule has 0 spiro atoms. The highest BCUT2D eigenvalue weighted by Gasteiger charge is 2.23. The zero-order chi connectivity index (χ0) is 19.1. The molecule has 2 aromatic rings. The van der Waals surface area contributed by atoms with E-state index in [0.29, 0.717) is 30.7 Å². The van der Waals surface area contributed by atoms with E-state index >= 15 is 0 Å². The van der Waals surface area contributed by atoms with Gasteiger partial charge in [-0.15, -0.1) is 16.8 Å². The summed E-state index contributed by atoms with van der Waals surface area (Å²) in [6.07, 6.45) is 7.33. The van der Waals surface area contributed by atoms with Crippen molar-refractivity contribution in [2.75, 3.05) is 5.75 Å². The zero-order valence-electron chi connectivity index (χ0n) is 15.9. The molecule has 1 N–H and O–H groups in total. The zero-order valence-corrected chi connectivity index (χ0v) is 16.8. The van der Waals surface area contributed by atoms with Crippen molar-refractivity contribution in [3.8, 4) is 0 Å². The fourth-order valence-corrected chi connectivity index (χ4v) is 4.33. The largest absolute Gasteiger partial charge is 0.352 e. The van der Waals surface area contributed by atoms with Crippen LogP contribution in [0, 0.1) is 5.92 Å². The third-order valence-electron chi connectivity index (χ3n) is 5.10. The number of rotatable bonds is 8. The maximum Gasteiger partial charge on any atom is 0.230 e. The molecular weight excluding hydrogens is 356 g/mol. The van der Waals surface area contributed by atoms with E-state index in [2.05, 4.69) is 41.1 Å². The molecule has 1 amide bonds. The molecule has 0 aliphatic heterocycles. The molecule has 0 bridgehead atoms. The van der Waals surface area contributed by atoms with E-state index in [4.69, 9.17) is 0 Å². The Morgan fingerprint density at radius 3 is 2.81 bits per heavy atom. The molecule has 1 heterocycles. The van der Waals surface area contributed by atoms with Gasteiger partial charge in [0.1, 0.15) is 5.82 Å². The number of hydrogen-bond donors (Lipinski definition) is 1. The predicted molar refractivity (Wildman–Crippen MR) is 110 cm³/mol. The molecule has 1 saturated carbocycles. The quantitative estimate of drug-likeness (QED) is 0.555. The van der Waals surface area contributed by atoms with Crippen LogP contribution in [0.4, 0.5) is 0 Å². The van der Waals surface area contributed by atoms with Crippen molar-refractivity contribution in [1.29, 1.82) is 0 Å². The van der Waals surface area contributed by atoms with E-state index in [-0.39, 0.29) is 5.91 Å². The molecule has 0 radical (unpaired) electrons. The normalized spacial score (nSPS) is 19.6. The van der Waals surface area contributed by atoms with Crippen molar-refractivity contribution in [1.82, 2.24) is 20.1 Å². The number of nitrogens with zero attached hydrogens (tertiary/aromatic N) is 3. The highest BCUT2D eigenvalue weighted by atomic mass is 32.2. The topological polar surface area (TPSA) is 59.8 Å². The van der Waals surface area contributed by atoms with E-state index < -0.39 is 0 Å². The average Bonchev–Trinajstić information content (AvgIpc) is 3.05. The average molecular weight is 385 g/mol. The molecule has 27 heavy (non-hydrogen) atoms. The highest BCUT2D eigenvalue weighted by Crippen LogP contribution is 2.24. The van der Waals surface area contributed by atoms with Crippen LogP contribution in [-0.2, 0) is 17.8 Å². The minimum absolute atomic E-state index is 0.0801. The fourth-order valence-electron chi connectivity index (χ4n) is 3.56. The minimum Gasteiger partial charge on any atom is -0.352 e. The molecule has 0 saturated heterocycles. The van der Waals surface area contributed by atoms with Crippen LogP contribution in [0.15, 0.2) is 48.1 Å². The summed E-state index contributed by atoms with van der Waals surface area (Å²) in [4.78, 5) is 12.4. The second-order valence-corrected chi connectivity index (χ2v) is 8.13. The van der Waals surface area contributed by atoms with Gasteiger partial charge in [0.15, 0.2) is 5.16 Å². The van der Waals surface area contributed by atoms with Crippen LogP contribution in [0.2, 0.25) is 0 Å². The Labute approximate surface area is 165 Å². The number of amides is 1. The summed E-state index contributed by atoms with van der Waals surface area (Å²) in [7, 11) is 0. The van der Waals surface area contributed by atoms with Gasteiger partial charge in [-0.3, -0.25) is 4.79 Å². The molecule has 1 aromatic carbocycles. The molecule has 2 atom stereocenters. The third kappa shape index (κ3) is 5.45. The number of carbonyl (C=O) groups excluding carboxylic acids is 1. The number of benzene rings is 1. The monoisotopic (exact) mass is 384 g/mol. The number of carbonyl (C=O) groups is 1. The maximum atomic E-state index is 12.4. The molecule has 2 unspecified atom stereocenters. The summed E-state index contributed by atoms with van der Waals surface area (Å²) >= 11 is 1.45. The molecule has 1 aromatic heterocycles. The van der Waals surface area contributed by atoms with Crippen LogP contribution in [0.25, 0.3) is 0 Å². The first kappa shape index (κ1) is 19.7. The molecule has 1 aliphatic carbocycles. The van der Waals surface area contributed by atoms with Crippen molar-refractivity contribution in [2.24, 2.45) is 5.92 Å². The lowest BCUT2D eigenvalue weighted by molar-refractivity contribution is -0.119. The Morgan fingerprint density at radius 1 is 1.30 bits per heavy atom. The van der Waals surface area contributed by atoms with Gasteiger partial charge in [0.25, 0.3) is 0 Å². The third-order valence-corrected chi connectivity index (χ3v) is 6.07. The molecule has 3 rings (SSSR count). The van der Waals surface area contributed by atoms with Gasteiger partial charge in [0.05, 0.1) is 5.75 Å². The second kappa shape index (κ2) is 9.74. The van der Waals surface area contributed by atoms with Crippen LogP contribution >= 0.6 is 11.8 Å². The molecule has 144 valence electrons. The first-order chi connectivity index (χ1) is 13.2. The maximum absolute atomic E-state index is 12.4. The summed E-state index contributed by atoms with van der Waals surface area (Å²) in [5, 5.41) is 12.6. The minimum atomic E-state index is 0.0801. The summed E-state index contributed by atoms with van der Waals surface area (Å²) in [5.41, 5.74) is 1.19. The van der Waals surface area contributed by atoms with E-state index in [9.17, 15) is 4.79 Å². The van der Waals surface area contributed by atoms with Crippen LogP contribution in [0.5, 0.6) is 0 Å². The molecule has 1 aliphatic rings. The number of aromatic nitrogens is 3. The first-order valence-corrected chi connectivity index (χ1v) is 10.6. The number of nitrogens with one attached hydrogen (secondary N) is 1. The molecular formula is C21H28N4OS. The van der Waals surface area contributed by atoms with E-state index in [1.165, 1.54) is 36.6 Å². The number of allylic oxidation sites excluding steroid dienone is 1. The van der Waals surface area contributed by atoms with Gasteiger partial charge in [-0.25, -0.2) is 0 Å². The standard InChI is InChI=1S/C21H28N4OS/c1-3-13-25-19(14-17-10-5-4-6-11-17)23-24-21(25)27-15-20(26)22-18-12-8-7-9-16(18)2/h3-6,10-11,16,18H,1,7-9,12-15H2,2H3,(H,22,26). The summed E-state index contributed by atoms with van der Waals surface area (Å²) in [6.45, 7) is 6.71. The Kier molecular flexibility index (Phi) is 7.10. The van der Waals surface area contributed by atoms with Crippen molar-refractivity contribution >= 4 is 17.7 Å². The van der Waals surface area contributed by atoms with Gasteiger partial charge in [-0.05, 0) is 24.3 Å². The van der Waals surface area contributed by atoms with Crippen LogP contribution < -0.4 is 5.32 Å². The lowest BCUT2D eigenvalue weighted by atomic mass is 9.86. The smallest absolute Gasteiger partial charge is 0.230 e. The number of thioether (sulfide) groups is 1. The van der Waals surface area contributed by atoms with Crippen molar-refractivity contribution in [3.63, 3.8) is 0 Å². The van der Waals surface area contributed by atoms with Crippen LogP contribution in [0.3, 0.4) is 0 Å². The lowest BCUT2D eigenvalue weighted by Gasteiger charge is -2.29. The van der Waals surface area contributed by atoms with Crippen molar-refractivity contribution in [2.45, 2.75) is 56.8 Å². The van der Waals surface area contributed by atoms with Gasteiger partial charge >= 0.3 is 0 Å². The first-order valence-electron chi connectivity index (χ1n) is 9.66. The SMILES string of the molecule is C=CCn1c(Cc2ccccc2)nnc1SCC(=O)NC1CCCCC1C. The molecule has 6 heteroatoms. The lowest BCUT2D eigenvalue weighted by Crippen LogP contribution is -2.41. The van der Waals surface area contributed by atoms with Crippen LogP contribution in [-0.4, -0.2) is 32.5 Å². The van der Waals surface area contributed by atoms with Gasteiger partial charge in [0.2, 0.25) is 5.91 Å².